The van der Waals surface area contributed by atoms with E-state index in [2.05, 4.69) is 10.2 Å². The number of aromatic nitrogens is 2. The molecule has 18 heavy (non-hydrogen) atoms. The van der Waals surface area contributed by atoms with Crippen molar-refractivity contribution in [2.24, 2.45) is 0 Å². The Morgan fingerprint density at radius 2 is 2.17 bits per heavy atom. The number of rotatable bonds is 4. The number of nitro benzene ring substituents is 1. The van der Waals surface area contributed by atoms with Crippen LogP contribution in [-0.4, -0.2) is 15.1 Å². The summed E-state index contributed by atoms with van der Waals surface area (Å²) < 4.78 is 10.4. The Morgan fingerprint density at radius 1 is 1.39 bits per heavy atom. The van der Waals surface area contributed by atoms with Gasteiger partial charge in [-0.1, -0.05) is 6.07 Å². The molecule has 1 aromatic carbocycles. The van der Waals surface area contributed by atoms with Crippen molar-refractivity contribution in [2.45, 2.75) is 20.5 Å². The molecule has 0 bridgehead atoms. The number of hydrogen-bond donors (Lipinski definition) is 0. The smallest absolute Gasteiger partial charge is 0.311 e. The van der Waals surface area contributed by atoms with Crippen LogP contribution in [0.15, 0.2) is 22.6 Å². The minimum absolute atomic E-state index is 0.00470. The van der Waals surface area contributed by atoms with Crippen molar-refractivity contribution in [2.75, 3.05) is 0 Å². The lowest BCUT2D eigenvalue weighted by Gasteiger charge is -2.04. The second-order valence-electron chi connectivity index (χ2n) is 3.73. The first-order chi connectivity index (χ1) is 8.56. The predicted molar refractivity (Wildman–Crippen MR) is 61.2 cm³/mol. The van der Waals surface area contributed by atoms with Crippen LogP contribution in [0.4, 0.5) is 5.69 Å². The third-order valence-electron chi connectivity index (χ3n) is 2.23. The molecule has 7 heteroatoms. The number of hydrogen-bond acceptors (Lipinski definition) is 6. The molecular formula is C11H11N3O4. The number of nitrogens with zero attached hydrogens (tertiary/aromatic N) is 3. The Kier molecular flexibility index (Phi) is 3.22. The van der Waals surface area contributed by atoms with Crippen molar-refractivity contribution in [1.82, 2.24) is 10.2 Å². The number of nitro groups is 1. The predicted octanol–water partition coefficient (Wildman–Crippen LogP) is 2.17. The van der Waals surface area contributed by atoms with Gasteiger partial charge in [-0.15, -0.1) is 10.2 Å². The first-order valence-corrected chi connectivity index (χ1v) is 5.23. The lowest BCUT2D eigenvalue weighted by molar-refractivity contribution is -0.386. The zero-order valence-corrected chi connectivity index (χ0v) is 9.91. The van der Waals surface area contributed by atoms with E-state index in [1.807, 2.05) is 0 Å². The summed E-state index contributed by atoms with van der Waals surface area (Å²) in [6, 6.07) is 4.74. The molecular weight excluding hydrogens is 238 g/mol. The van der Waals surface area contributed by atoms with Crippen molar-refractivity contribution >= 4 is 5.69 Å². The standard InChI is InChI=1S/C11H11N3O4/c1-7-3-4-10(9(5-7)14(15)16)17-6-11-13-12-8(2)18-11/h3-5H,6H2,1-2H3. The zero-order valence-electron chi connectivity index (χ0n) is 9.91. The minimum atomic E-state index is -0.485. The van der Waals surface area contributed by atoms with Gasteiger partial charge in [-0.05, 0) is 18.6 Å². The highest BCUT2D eigenvalue weighted by molar-refractivity contribution is 5.48. The van der Waals surface area contributed by atoms with Crippen molar-refractivity contribution in [3.05, 3.63) is 45.7 Å². The molecule has 2 rings (SSSR count). The fraction of sp³-hybridized carbons (Fsp3) is 0.273. The Hall–Kier alpha value is -2.44. The first-order valence-electron chi connectivity index (χ1n) is 5.23. The Labute approximate surface area is 103 Å². The summed E-state index contributed by atoms with van der Waals surface area (Å²) in [5.74, 6) is 0.885. The summed E-state index contributed by atoms with van der Waals surface area (Å²) in [4.78, 5) is 10.4. The van der Waals surface area contributed by atoms with Crippen LogP contribution in [0.1, 0.15) is 17.3 Å². The van der Waals surface area contributed by atoms with Crippen LogP contribution in [-0.2, 0) is 6.61 Å². The van der Waals surface area contributed by atoms with Gasteiger partial charge in [0.1, 0.15) is 0 Å². The molecule has 0 aliphatic rings. The molecule has 0 unspecified atom stereocenters. The van der Waals surface area contributed by atoms with E-state index in [-0.39, 0.29) is 23.9 Å². The molecule has 0 N–H and O–H groups in total. The van der Waals surface area contributed by atoms with Crippen molar-refractivity contribution in [3.8, 4) is 5.75 Å². The van der Waals surface area contributed by atoms with E-state index in [9.17, 15) is 10.1 Å². The Bertz CT molecular complexity index is 579. The normalized spacial score (nSPS) is 10.3. The highest BCUT2D eigenvalue weighted by atomic mass is 16.6. The third-order valence-corrected chi connectivity index (χ3v) is 2.23. The molecule has 0 saturated heterocycles. The molecule has 7 nitrogen and oxygen atoms in total. The van der Waals surface area contributed by atoms with Gasteiger partial charge in [0, 0.05) is 13.0 Å². The monoisotopic (exact) mass is 249 g/mol. The zero-order chi connectivity index (χ0) is 13.1. The molecule has 1 heterocycles. The average Bonchev–Trinajstić information content (AvgIpc) is 2.73. The maximum atomic E-state index is 10.9. The van der Waals surface area contributed by atoms with Gasteiger partial charge in [-0.3, -0.25) is 10.1 Å². The first kappa shape index (κ1) is 12.0. The molecule has 1 aromatic heterocycles. The lowest BCUT2D eigenvalue weighted by atomic mass is 10.2. The van der Waals surface area contributed by atoms with E-state index in [0.29, 0.717) is 5.89 Å². The van der Waals surface area contributed by atoms with Gasteiger partial charge >= 0.3 is 5.69 Å². The third kappa shape index (κ3) is 2.62. The second-order valence-corrected chi connectivity index (χ2v) is 3.73. The highest BCUT2D eigenvalue weighted by Crippen LogP contribution is 2.28. The van der Waals surface area contributed by atoms with Crippen molar-refractivity contribution < 1.29 is 14.1 Å². The molecule has 0 amide bonds. The molecule has 0 atom stereocenters. The van der Waals surface area contributed by atoms with E-state index in [1.54, 1.807) is 26.0 Å². The van der Waals surface area contributed by atoms with E-state index in [4.69, 9.17) is 9.15 Å². The van der Waals surface area contributed by atoms with Crippen LogP contribution in [0.25, 0.3) is 0 Å². The van der Waals surface area contributed by atoms with E-state index < -0.39 is 4.92 Å². The van der Waals surface area contributed by atoms with Crippen LogP contribution >= 0.6 is 0 Å². The quantitative estimate of drug-likeness (QED) is 0.609. The van der Waals surface area contributed by atoms with Crippen LogP contribution in [0.5, 0.6) is 5.75 Å². The largest absolute Gasteiger partial charge is 0.477 e. The maximum absolute atomic E-state index is 10.9. The molecule has 0 fully saturated rings. The topological polar surface area (TPSA) is 91.3 Å². The molecule has 0 spiro atoms. The average molecular weight is 249 g/mol. The lowest BCUT2D eigenvalue weighted by Crippen LogP contribution is -1.99. The number of aryl methyl sites for hydroxylation is 2. The highest BCUT2D eigenvalue weighted by Gasteiger charge is 2.16. The van der Waals surface area contributed by atoms with E-state index in [0.717, 1.165) is 5.56 Å². The number of ether oxygens (including phenoxy) is 1. The molecule has 2 aromatic rings. The van der Waals surface area contributed by atoms with Crippen LogP contribution < -0.4 is 4.74 Å². The fourth-order valence-electron chi connectivity index (χ4n) is 1.43. The van der Waals surface area contributed by atoms with Gasteiger partial charge in [0.2, 0.25) is 5.89 Å². The van der Waals surface area contributed by atoms with Gasteiger partial charge in [-0.2, -0.15) is 0 Å². The van der Waals surface area contributed by atoms with Crippen molar-refractivity contribution in [1.29, 1.82) is 0 Å². The van der Waals surface area contributed by atoms with Gasteiger partial charge < -0.3 is 9.15 Å². The molecule has 0 radical (unpaired) electrons. The summed E-state index contributed by atoms with van der Waals surface area (Å²) in [5, 5.41) is 18.2. The minimum Gasteiger partial charge on any atom is -0.477 e. The molecule has 0 saturated carbocycles. The van der Waals surface area contributed by atoms with E-state index >= 15 is 0 Å². The summed E-state index contributed by atoms with van der Waals surface area (Å²) in [7, 11) is 0. The SMILES string of the molecule is Cc1ccc(OCc2nnc(C)o2)c([N+](=O)[O-])c1. The van der Waals surface area contributed by atoms with Crippen LogP contribution in [0.3, 0.4) is 0 Å². The summed E-state index contributed by atoms with van der Waals surface area (Å²) >= 11 is 0. The van der Waals surface area contributed by atoms with Crippen molar-refractivity contribution in [3.63, 3.8) is 0 Å². The van der Waals surface area contributed by atoms with Gasteiger partial charge in [-0.25, -0.2) is 0 Å². The second kappa shape index (κ2) is 4.82. The maximum Gasteiger partial charge on any atom is 0.311 e. The summed E-state index contributed by atoms with van der Waals surface area (Å²) in [6.07, 6.45) is 0. The molecule has 94 valence electrons. The Morgan fingerprint density at radius 3 is 2.78 bits per heavy atom. The van der Waals surface area contributed by atoms with Gasteiger partial charge in [0.05, 0.1) is 4.92 Å². The molecule has 0 aliphatic carbocycles. The Balaban J connectivity index is 2.16. The molecule has 0 aliphatic heterocycles. The van der Waals surface area contributed by atoms with E-state index in [1.165, 1.54) is 6.07 Å². The summed E-state index contributed by atoms with van der Waals surface area (Å²) in [5.41, 5.74) is 0.717. The van der Waals surface area contributed by atoms with Crippen LogP contribution in [0.2, 0.25) is 0 Å². The summed E-state index contributed by atoms with van der Waals surface area (Å²) in [6.45, 7) is 3.44. The number of benzene rings is 1. The van der Waals surface area contributed by atoms with Gasteiger partial charge in [0.15, 0.2) is 12.4 Å². The fourth-order valence-corrected chi connectivity index (χ4v) is 1.43. The van der Waals surface area contributed by atoms with Crippen LogP contribution in [0, 0.1) is 24.0 Å². The van der Waals surface area contributed by atoms with Gasteiger partial charge in [0.25, 0.3) is 5.89 Å².